The van der Waals surface area contributed by atoms with Crippen LogP contribution in [-0.4, -0.2) is 47.3 Å². The molecule has 1 aromatic carbocycles. The van der Waals surface area contributed by atoms with Gasteiger partial charge >= 0.3 is 0 Å². The summed E-state index contributed by atoms with van der Waals surface area (Å²) in [5, 5.41) is 1.15. The Balaban J connectivity index is 1.69. The zero-order valence-electron chi connectivity index (χ0n) is 14.4. The Kier molecular flexibility index (Phi) is 4.56. The molecule has 2 atom stereocenters. The van der Waals surface area contributed by atoms with Gasteiger partial charge in [-0.05, 0) is 49.6 Å². The van der Waals surface area contributed by atoms with Crippen LogP contribution >= 0.6 is 11.8 Å². The maximum Gasteiger partial charge on any atom is 0.234 e. The Morgan fingerprint density at radius 2 is 2.28 bits per heavy atom. The zero-order chi connectivity index (χ0) is 17.4. The second-order valence-electron chi connectivity index (χ2n) is 6.80. The van der Waals surface area contributed by atoms with E-state index in [1.165, 1.54) is 10.5 Å². The highest BCUT2D eigenvalue weighted by molar-refractivity contribution is 7.99. The molecule has 2 aromatic rings. The summed E-state index contributed by atoms with van der Waals surface area (Å²) in [6.07, 6.45) is 6.02. The monoisotopic (exact) mass is 357 g/mol. The van der Waals surface area contributed by atoms with Crippen molar-refractivity contribution in [2.75, 3.05) is 19.4 Å². The van der Waals surface area contributed by atoms with E-state index < -0.39 is 0 Å². The van der Waals surface area contributed by atoms with E-state index >= 15 is 0 Å². The van der Waals surface area contributed by atoms with Crippen LogP contribution in [0, 0.1) is 0 Å². The van der Waals surface area contributed by atoms with E-state index in [4.69, 9.17) is 10.5 Å². The average Bonchev–Trinajstić information content (AvgIpc) is 2.67. The number of amides is 1. The highest BCUT2D eigenvalue weighted by Crippen LogP contribution is 2.38. The van der Waals surface area contributed by atoms with Crippen LogP contribution in [0.4, 0.5) is 0 Å². The van der Waals surface area contributed by atoms with Gasteiger partial charge in [0.15, 0.2) is 0 Å². The number of hydrogen-bond donors (Lipinski definition) is 1. The molecule has 0 aliphatic carbocycles. The van der Waals surface area contributed by atoms with Crippen LogP contribution in [0.15, 0.2) is 29.3 Å². The number of ether oxygens (including phenoxy) is 1. The zero-order valence-corrected chi connectivity index (χ0v) is 15.2. The highest BCUT2D eigenvalue weighted by Gasteiger charge is 2.34. The Hall–Kier alpha value is -1.79. The number of piperidine rings is 1. The van der Waals surface area contributed by atoms with Gasteiger partial charge in [0.25, 0.3) is 0 Å². The number of fused-ring (bicyclic) bond motifs is 3. The number of nitrogens with zero attached hydrogens (tertiary/aromatic N) is 2. The Bertz CT molecular complexity index is 805. The molecule has 1 saturated heterocycles. The molecular formula is C19H23N3O2S. The van der Waals surface area contributed by atoms with Crippen molar-refractivity contribution < 1.29 is 9.53 Å². The van der Waals surface area contributed by atoms with E-state index in [1.807, 2.05) is 30.1 Å². The Labute approximate surface area is 151 Å². The molecule has 1 aromatic heterocycles. The van der Waals surface area contributed by atoms with Gasteiger partial charge in [0.2, 0.25) is 5.91 Å². The minimum Gasteiger partial charge on any atom is -0.497 e. The average molecular weight is 357 g/mol. The van der Waals surface area contributed by atoms with Gasteiger partial charge in [0.1, 0.15) is 5.75 Å². The molecule has 25 heavy (non-hydrogen) atoms. The van der Waals surface area contributed by atoms with Gasteiger partial charge in [-0.2, -0.15) is 0 Å². The van der Waals surface area contributed by atoms with E-state index in [0.717, 1.165) is 54.6 Å². The standard InChI is InChI=1S/C19H23N3O2S/c1-24-13-5-6-16-14(9-13)15-8-12(11-25-18(15)10-21-16)22-7-3-2-4-17(22)19(20)23/h5-6,9-10,12,17H,2-4,7-8,11H2,1H3,(H2,20,23). The molecule has 132 valence electrons. The summed E-state index contributed by atoms with van der Waals surface area (Å²) in [7, 11) is 1.69. The smallest absolute Gasteiger partial charge is 0.234 e. The first kappa shape index (κ1) is 16.7. The van der Waals surface area contributed by atoms with Gasteiger partial charge in [0, 0.05) is 28.3 Å². The highest BCUT2D eigenvalue weighted by atomic mass is 32.2. The van der Waals surface area contributed by atoms with E-state index in [0.29, 0.717) is 6.04 Å². The lowest BCUT2D eigenvalue weighted by Gasteiger charge is -2.41. The summed E-state index contributed by atoms with van der Waals surface area (Å²) in [5.74, 6) is 1.65. The molecular weight excluding hydrogens is 334 g/mol. The van der Waals surface area contributed by atoms with Gasteiger partial charge in [-0.1, -0.05) is 6.42 Å². The molecule has 0 saturated carbocycles. The van der Waals surface area contributed by atoms with Crippen molar-refractivity contribution in [1.29, 1.82) is 0 Å². The second kappa shape index (κ2) is 6.84. The van der Waals surface area contributed by atoms with Crippen molar-refractivity contribution in [2.45, 2.75) is 42.7 Å². The van der Waals surface area contributed by atoms with Crippen molar-refractivity contribution in [2.24, 2.45) is 5.73 Å². The van der Waals surface area contributed by atoms with Crippen LogP contribution in [0.25, 0.3) is 10.9 Å². The topological polar surface area (TPSA) is 68.4 Å². The number of aromatic nitrogens is 1. The molecule has 1 fully saturated rings. The molecule has 4 rings (SSSR count). The van der Waals surface area contributed by atoms with E-state index in [9.17, 15) is 4.79 Å². The Morgan fingerprint density at radius 1 is 1.40 bits per heavy atom. The van der Waals surface area contributed by atoms with Crippen molar-refractivity contribution in [3.05, 3.63) is 30.0 Å². The number of methoxy groups -OCH3 is 1. The summed E-state index contributed by atoms with van der Waals surface area (Å²) in [4.78, 5) is 20.1. The number of primary amides is 1. The lowest BCUT2D eigenvalue weighted by Crippen LogP contribution is -2.54. The van der Waals surface area contributed by atoms with Gasteiger partial charge in [0.05, 0.1) is 18.7 Å². The summed E-state index contributed by atoms with van der Waals surface area (Å²) in [6, 6.07) is 6.25. The van der Waals surface area contributed by atoms with Crippen molar-refractivity contribution in [3.63, 3.8) is 0 Å². The molecule has 6 heteroatoms. The summed E-state index contributed by atoms with van der Waals surface area (Å²) >= 11 is 1.84. The number of hydrogen-bond acceptors (Lipinski definition) is 5. The van der Waals surface area contributed by atoms with Crippen molar-refractivity contribution >= 4 is 28.6 Å². The molecule has 2 unspecified atom stereocenters. The molecule has 1 amide bonds. The number of nitrogens with two attached hydrogens (primary N) is 1. The molecule has 0 bridgehead atoms. The second-order valence-corrected chi connectivity index (χ2v) is 7.87. The number of benzene rings is 1. The van der Waals surface area contributed by atoms with Gasteiger partial charge in [-0.25, -0.2) is 0 Å². The molecule has 2 N–H and O–H groups in total. The minimum absolute atomic E-state index is 0.122. The predicted molar refractivity (Wildman–Crippen MR) is 100 cm³/mol. The third-order valence-corrected chi connectivity index (χ3v) is 6.57. The van der Waals surface area contributed by atoms with Gasteiger partial charge in [-0.3, -0.25) is 14.7 Å². The molecule has 2 aliphatic rings. The third kappa shape index (κ3) is 3.09. The largest absolute Gasteiger partial charge is 0.497 e. The lowest BCUT2D eigenvalue weighted by molar-refractivity contribution is -0.125. The fraction of sp³-hybridized carbons (Fsp3) is 0.474. The minimum atomic E-state index is -0.184. The normalized spacial score (nSPS) is 24.0. The number of likely N-dealkylation sites (tertiary alicyclic amines) is 1. The number of thioether (sulfide) groups is 1. The first-order valence-corrected chi connectivity index (χ1v) is 9.79. The lowest BCUT2D eigenvalue weighted by atomic mass is 9.95. The first-order valence-electron chi connectivity index (χ1n) is 8.81. The van der Waals surface area contributed by atoms with E-state index in [1.54, 1.807) is 7.11 Å². The fourth-order valence-electron chi connectivity index (χ4n) is 4.06. The summed E-state index contributed by atoms with van der Waals surface area (Å²) < 4.78 is 5.40. The molecule has 0 spiro atoms. The number of pyridine rings is 1. The fourth-order valence-corrected chi connectivity index (χ4v) is 5.24. The SMILES string of the molecule is COc1ccc2ncc3c(c2c1)CC(N1CCCCC1C(N)=O)CS3. The quantitative estimate of drug-likeness (QED) is 0.914. The number of carbonyl (C=O) groups is 1. The van der Waals surface area contributed by atoms with Crippen LogP contribution in [0.3, 0.4) is 0 Å². The van der Waals surface area contributed by atoms with Crippen LogP contribution in [0.2, 0.25) is 0 Å². The maximum absolute atomic E-state index is 11.9. The summed E-state index contributed by atoms with van der Waals surface area (Å²) in [5.41, 5.74) is 7.98. The van der Waals surface area contributed by atoms with Crippen LogP contribution in [0.1, 0.15) is 24.8 Å². The summed E-state index contributed by atoms with van der Waals surface area (Å²) in [6.45, 7) is 0.959. The van der Waals surface area contributed by atoms with Gasteiger partial charge in [-0.15, -0.1) is 11.8 Å². The molecule has 2 aliphatic heterocycles. The molecule has 3 heterocycles. The van der Waals surface area contributed by atoms with Crippen molar-refractivity contribution in [3.8, 4) is 5.75 Å². The maximum atomic E-state index is 11.9. The van der Waals surface area contributed by atoms with Crippen LogP contribution in [-0.2, 0) is 11.2 Å². The molecule has 5 nitrogen and oxygen atoms in total. The van der Waals surface area contributed by atoms with Gasteiger partial charge < -0.3 is 10.5 Å². The van der Waals surface area contributed by atoms with E-state index in [2.05, 4.69) is 16.0 Å². The number of carbonyl (C=O) groups excluding carboxylic acids is 1. The Morgan fingerprint density at radius 3 is 3.08 bits per heavy atom. The van der Waals surface area contributed by atoms with Crippen molar-refractivity contribution in [1.82, 2.24) is 9.88 Å². The molecule has 0 radical (unpaired) electrons. The predicted octanol–water partition coefficient (Wildman–Crippen LogP) is 2.60. The third-order valence-electron chi connectivity index (χ3n) is 5.36. The van der Waals surface area contributed by atoms with Crippen LogP contribution < -0.4 is 10.5 Å². The van der Waals surface area contributed by atoms with E-state index in [-0.39, 0.29) is 11.9 Å². The van der Waals surface area contributed by atoms with Crippen LogP contribution in [0.5, 0.6) is 5.75 Å². The first-order chi connectivity index (χ1) is 12.2. The number of rotatable bonds is 3.